The van der Waals surface area contributed by atoms with Gasteiger partial charge in [0.15, 0.2) is 0 Å². The van der Waals surface area contributed by atoms with Gasteiger partial charge in [0.1, 0.15) is 0 Å². The Bertz CT molecular complexity index is 371. The van der Waals surface area contributed by atoms with Crippen molar-refractivity contribution in [2.45, 2.75) is 6.18 Å². The Morgan fingerprint density at radius 2 is 1.86 bits per heavy atom. The van der Waals surface area contributed by atoms with Crippen molar-refractivity contribution in [3.8, 4) is 11.8 Å². The third-order valence-electron chi connectivity index (χ3n) is 1.52. The Morgan fingerprint density at radius 3 is 2.43 bits per heavy atom. The molecule has 0 aliphatic heterocycles. The van der Waals surface area contributed by atoms with Gasteiger partial charge in [-0.25, -0.2) is 0 Å². The summed E-state index contributed by atoms with van der Waals surface area (Å²) in [5.74, 6) is 4.78. The summed E-state index contributed by atoms with van der Waals surface area (Å²) in [5, 5.41) is 0. The van der Waals surface area contributed by atoms with Crippen molar-refractivity contribution in [1.29, 1.82) is 0 Å². The molecule has 0 spiro atoms. The molecule has 0 heterocycles. The van der Waals surface area contributed by atoms with Gasteiger partial charge in [-0.05, 0) is 12.1 Å². The summed E-state index contributed by atoms with van der Waals surface area (Å²) in [5.41, 5.74) is -0.765. The molecule has 0 amide bonds. The Morgan fingerprint density at radius 1 is 1.21 bits per heavy atom. The molecule has 1 aromatic carbocycles. The molecule has 0 aliphatic carbocycles. The van der Waals surface area contributed by atoms with E-state index in [-0.39, 0.29) is 11.4 Å². The van der Waals surface area contributed by atoms with E-state index in [1.165, 1.54) is 18.2 Å². The van der Waals surface area contributed by atoms with Crippen LogP contribution >= 0.6 is 11.6 Å². The van der Waals surface area contributed by atoms with Crippen LogP contribution in [0, 0.1) is 11.8 Å². The monoisotopic (exact) mass is 218 g/mol. The van der Waals surface area contributed by atoms with E-state index in [1.54, 1.807) is 0 Å². The van der Waals surface area contributed by atoms with Crippen molar-refractivity contribution in [1.82, 2.24) is 0 Å². The van der Waals surface area contributed by atoms with Crippen molar-refractivity contribution in [2.24, 2.45) is 0 Å². The number of hydrogen-bond donors (Lipinski definition) is 0. The molecule has 0 saturated heterocycles. The number of alkyl halides is 4. The molecule has 0 bridgehead atoms. The minimum Gasteiger partial charge on any atom is -0.166 e. The minimum absolute atomic E-state index is 0.0200. The lowest BCUT2D eigenvalue weighted by atomic mass is 10.1. The van der Waals surface area contributed by atoms with Crippen LogP contribution in [0.5, 0.6) is 0 Å². The Kier molecular flexibility index (Phi) is 3.43. The molecule has 14 heavy (non-hydrogen) atoms. The van der Waals surface area contributed by atoms with Gasteiger partial charge in [0, 0.05) is 5.56 Å². The zero-order valence-corrected chi connectivity index (χ0v) is 7.78. The first kappa shape index (κ1) is 10.9. The summed E-state index contributed by atoms with van der Waals surface area (Å²) in [7, 11) is 0. The van der Waals surface area contributed by atoms with Gasteiger partial charge in [-0.2, -0.15) is 13.2 Å². The second-order valence-electron chi connectivity index (χ2n) is 2.48. The van der Waals surface area contributed by atoms with E-state index in [2.05, 4.69) is 11.8 Å². The molecule has 0 unspecified atom stereocenters. The number of benzene rings is 1. The Balaban J connectivity index is 3.16. The summed E-state index contributed by atoms with van der Waals surface area (Å²) in [6, 6.07) is 5.16. The van der Waals surface area contributed by atoms with Gasteiger partial charge in [-0.1, -0.05) is 24.0 Å². The normalized spacial score (nSPS) is 10.6. The molecule has 0 saturated carbocycles. The third-order valence-corrected chi connectivity index (χ3v) is 1.66. The van der Waals surface area contributed by atoms with E-state index >= 15 is 0 Å². The predicted molar refractivity (Wildman–Crippen MR) is 49.0 cm³/mol. The highest BCUT2D eigenvalue weighted by Crippen LogP contribution is 2.31. The summed E-state index contributed by atoms with van der Waals surface area (Å²) in [6.07, 6.45) is -4.36. The summed E-state index contributed by atoms with van der Waals surface area (Å²) in [6.45, 7) is 0. The lowest BCUT2D eigenvalue weighted by Crippen LogP contribution is -2.07. The van der Waals surface area contributed by atoms with Crippen molar-refractivity contribution in [3.63, 3.8) is 0 Å². The van der Waals surface area contributed by atoms with E-state index in [0.29, 0.717) is 0 Å². The maximum absolute atomic E-state index is 12.4. The van der Waals surface area contributed by atoms with Crippen LogP contribution in [-0.4, -0.2) is 5.88 Å². The summed E-state index contributed by atoms with van der Waals surface area (Å²) < 4.78 is 37.1. The quantitative estimate of drug-likeness (QED) is 0.463. The topological polar surface area (TPSA) is 0 Å². The lowest BCUT2D eigenvalue weighted by molar-refractivity contribution is -0.137. The first-order valence-electron chi connectivity index (χ1n) is 3.77. The lowest BCUT2D eigenvalue weighted by Gasteiger charge is -2.07. The third kappa shape index (κ3) is 2.68. The molecule has 0 aliphatic rings. The van der Waals surface area contributed by atoms with Crippen LogP contribution < -0.4 is 0 Å². The molecule has 1 rings (SSSR count). The highest BCUT2D eigenvalue weighted by Gasteiger charge is 2.32. The minimum atomic E-state index is -4.36. The largest absolute Gasteiger partial charge is 0.417 e. The van der Waals surface area contributed by atoms with Crippen LogP contribution in [-0.2, 0) is 6.18 Å². The molecule has 0 nitrogen and oxygen atoms in total. The standard InChI is InChI=1S/C10H6ClF3/c11-7-3-5-8-4-1-2-6-9(8)10(12,13)14/h1-2,4,6H,7H2. The van der Waals surface area contributed by atoms with E-state index in [4.69, 9.17) is 11.6 Å². The highest BCUT2D eigenvalue weighted by molar-refractivity contribution is 6.19. The molecule has 4 heteroatoms. The van der Waals surface area contributed by atoms with Crippen molar-refractivity contribution in [2.75, 3.05) is 5.88 Å². The van der Waals surface area contributed by atoms with Crippen LogP contribution in [0.1, 0.15) is 11.1 Å². The Hall–Kier alpha value is -1.14. The second kappa shape index (κ2) is 4.39. The second-order valence-corrected chi connectivity index (χ2v) is 2.75. The van der Waals surface area contributed by atoms with E-state index in [0.717, 1.165) is 6.07 Å². The number of rotatable bonds is 0. The molecule has 0 fully saturated rings. The first-order valence-corrected chi connectivity index (χ1v) is 4.30. The molecule has 0 atom stereocenters. The maximum Gasteiger partial charge on any atom is 0.417 e. The molecule has 0 N–H and O–H groups in total. The molecule has 0 aromatic heterocycles. The summed E-state index contributed by atoms with van der Waals surface area (Å²) in [4.78, 5) is 0. The van der Waals surface area contributed by atoms with Crippen molar-refractivity contribution >= 4 is 11.6 Å². The van der Waals surface area contributed by atoms with E-state index < -0.39 is 11.7 Å². The average Bonchev–Trinajstić information content (AvgIpc) is 2.14. The zero-order chi connectivity index (χ0) is 10.6. The fourth-order valence-corrected chi connectivity index (χ4v) is 1.03. The van der Waals surface area contributed by atoms with Gasteiger partial charge >= 0.3 is 6.18 Å². The highest BCUT2D eigenvalue weighted by atomic mass is 35.5. The zero-order valence-electron chi connectivity index (χ0n) is 7.03. The fraction of sp³-hybridized carbons (Fsp3) is 0.200. The van der Waals surface area contributed by atoms with E-state index in [1.807, 2.05) is 0 Å². The van der Waals surface area contributed by atoms with Gasteiger partial charge in [0.2, 0.25) is 0 Å². The predicted octanol–water partition coefficient (Wildman–Crippen LogP) is 3.30. The van der Waals surface area contributed by atoms with Crippen LogP contribution in [0.15, 0.2) is 24.3 Å². The van der Waals surface area contributed by atoms with Gasteiger partial charge in [0.25, 0.3) is 0 Å². The van der Waals surface area contributed by atoms with Crippen LogP contribution in [0.4, 0.5) is 13.2 Å². The fourth-order valence-electron chi connectivity index (χ4n) is 0.968. The van der Waals surface area contributed by atoms with Crippen LogP contribution in [0.3, 0.4) is 0 Å². The smallest absolute Gasteiger partial charge is 0.166 e. The van der Waals surface area contributed by atoms with Gasteiger partial charge in [0.05, 0.1) is 11.4 Å². The van der Waals surface area contributed by atoms with Crippen molar-refractivity contribution in [3.05, 3.63) is 35.4 Å². The average molecular weight is 219 g/mol. The van der Waals surface area contributed by atoms with Crippen LogP contribution in [0.2, 0.25) is 0 Å². The maximum atomic E-state index is 12.4. The molecule has 0 radical (unpaired) electrons. The summed E-state index contributed by atoms with van der Waals surface area (Å²) >= 11 is 5.26. The van der Waals surface area contributed by atoms with Crippen molar-refractivity contribution < 1.29 is 13.2 Å². The molecular weight excluding hydrogens is 213 g/mol. The van der Waals surface area contributed by atoms with Crippen LogP contribution in [0.25, 0.3) is 0 Å². The SMILES string of the molecule is FC(F)(F)c1ccccc1C#CCCl. The Labute approximate surface area is 84.7 Å². The molecule has 74 valence electrons. The number of halogens is 4. The van der Waals surface area contributed by atoms with E-state index in [9.17, 15) is 13.2 Å². The molecular formula is C10H6ClF3. The van der Waals surface area contributed by atoms with Gasteiger partial charge in [-0.15, -0.1) is 11.6 Å². The molecule has 1 aromatic rings. The van der Waals surface area contributed by atoms with Gasteiger partial charge in [-0.3, -0.25) is 0 Å². The number of hydrogen-bond acceptors (Lipinski definition) is 0. The van der Waals surface area contributed by atoms with Gasteiger partial charge < -0.3 is 0 Å². The first-order chi connectivity index (χ1) is 6.55.